The summed E-state index contributed by atoms with van der Waals surface area (Å²) in [6.45, 7) is 8.23. The minimum absolute atomic E-state index is 0.103. The molecular formula is C14H23BrN2O2S2. The summed E-state index contributed by atoms with van der Waals surface area (Å²) in [7, 11) is -1.66. The number of rotatable bonds is 4. The summed E-state index contributed by atoms with van der Waals surface area (Å²) in [5.74, 6) is 0. The van der Waals surface area contributed by atoms with Gasteiger partial charge < -0.3 is 4.90 Å². The van der Waals surface area contributed by atoms with Crippen molar-refractivity contribution in [3.63, 3.8) is 0 Å². The Balaban J connectivity index is 2.11. The van der Waals surface area contributed by atoms with Crippen molar-refractivity contribution in [2.24, 2.45) is 0 Å². The lowest BCUT2D eigenvalue weighted by molar-refractivity contribution is 0.140. The van der Waals surface area contributed by atoms with Gasteiger partial charge in [-0.15, -0.1) is 11.3 Å². The maximum Gasteiger partial charge on any atom is 0.252 e. The third kappa shape index (κ3) is 3.69. The average Bonchev–Trinajstić information content (AvgIpc) is 2.78. The predicted octanol–water partition coefficient (Wildman–Crippen LogP) is 3.31. The average molecular weight is 395 g/mol. The van der Waals surface area contributed by atoms with E-state index in [9.17, 15) is 8.42 Å². The molecule has 0 N–H and O–H groups in total. The SMILES string of the molecule is Cc1cc(S(=O)(=O)N(C)C2CCN(C(C)C)CC2)sc1Br. The van der Waals surface area contributed by atoms with Crippen molar-refractivity contribution in [2.45, 2.75) is 49.9 Å². The molecule has 1 saturated heterocycles. The van der Waals surface area contributed by atoms with Crippen LogP contribution in [0.5, 0.6) is 0 Å². The van der Waals surface area contributed by atoms with Gasteiger partial charge in [-0.25, -0.2) is 8.42 Å². The van der Waals surface area contributed by atoms with E-state index < -0.39 is 10.0 Å². The topological polar surface area (TPSA) is 40.6 Å². The van der Waals surface area contributed by atoms with Crippen LogP contribution in [-0.2, 0) is 10.0 Å². The maximum absolute atomic E-state index is 12.7. The first-order valence-corrected chi connectivity index (χ1v) is 10.3. The molecule has 21 heavy (non-hydrogen) atoms. The zero-order valence-corrected chi connectivity index (χ0v) is 16.2. The summed E-state index contributed by atoms with van der Waals surface area (Å²) in [6.07, 6.45) is 1.80. The van der Waals surface area contributed by atoms with Gasteiger partial charge in [-0.3, -0.25) is 0 Å². The summed E-state index contributed by atoms with van der Waals surface area (Å²) in [5.41, 5.74) is 0.974. The van der Waals surface area contributed by atoms with Gasteiger partial charge in [0, 0.05) is 19.1 Å². The van der Waals surface area contributed by atoms with Crippen LogP contribution in [0.3, 0.4) is 0 Å². The van der Waals surface area contributed by atoms with Gasteiger partial charge in [0.25, 0.3) is 10.0 Å². The molecule has 1 aliphatic heterocycles. The Morgan fingerprint density at radius 1 is 1.38 bits per heavy atom. The first kappa shape index (κ1) is 17.4. The number of piperidine rings is 1. The molecule has 0 spiro atoms. The van der Waals surface area contributed by atoms with E-state index in [0.29, 0.717) is 10.3 Å². The van der Waals surface area contributed by atoms with Crippen molar-refractivity contribution in [3.05, 3.63) is 15.4 Å². The molecule has 2 heterocycles. The van der Waals surface area contributed by atoms with E-state index in [1.165, 1.54) is 11.3 Å². The smallest absolute Gasteiger partial charge is 0.252 e. The lowest BCUT2D eigenvalue weighted by Crippen LogP contribution is -2.47. The van der Waals surface area contributed by atoms with Crippen LogP contribution in [0.1, 0.15) is 32.3 Å². The number of hydrogen-bond donors (Lipinski definition) is 0. The maximum atomic E-state index is 12.7. The second kappa shape index (κ2) is 6.66. The van der Waals surface area contributed by atoms with Crippen LogP contribution in [0.4, 0.5) is 0 Å². The standard InChI is InChI=1S/C14H23BrN2O2S2/c1-10(2)17-7-5-12(6-8-17)16(4)21(18,19)13-9-11(3)14(15)20-13/h9-10,12H,5-8H2,1-4H3. The number of halogens is 1. The third-order valence-corrected chi connectivity index (χ3v) is 8.71. The number of hydrogen-bond acceptors (Lipinski definition) is 4. The fourth-order valence-electron chi connectivity index (χ4n) is 2.66. The second-order valence-corrected chi connectivity index (χ2v) is 10.5. The van der Waals surface area contributed by atoms with Gasteiger partial charge in [0.15, 0.2) is 0 Å². The third-order valence-electron chi connectivity index (χ3n) is 4.21. The molecule has 0 bridgehead atoms. The van der Waals surface area contributed by atoms with E-state index >= 15 is 0 Å². The van der Waals surface area contributed by atoms with Gasteiger partial charge in [-0.1, -0.05) is 0 Å². The van der Waals surface area contributed by atoms with Gasteiger partial charge in [-0.2, -0.15) is 4.31 Å². The number of aryl methyl sites for hydroxylation is 1. The zero-order valence-electron chi connectivity index (χ0n) is 13.0. The van der Waals surface area contributed by atoms with Crippen LogP contribution in [0, 0.1) is 6.92 Å². The molecule has 0 radical (unpaired) electrons. The van der Waals surface area contributed by atoms with Crippen molar-refractivity contribution in [3.8, 4) is 0 Å². The highest BCUT2D eigenvalue weighted by atomic mass is 79.9. The van der Waals surface area contributed by atoms with Crippen molar-refractivity contribution >= 4 is 37.3 Å². The van der Waals surface area contributed by atoms with E-state index in [0.717, 1.165) is 35.3 Å². The van der Waals surface area contributed by atoms with Crippen molar-refractivity contribution in [2.75, 3.05) is 20.1 Å². The quantitative estimate of drug-likeness (QED) is 0.786. The molecule has 1 aromatic rings. The van der Waals surface area contributed by atoms with Crippen molar-refractivity contribution < 1.29 is 8.42 Å². The van der Waals surface area contributed by atoms with Crippen LogP contribution in [0.2, 0.25) is 0 Å². The number of likely N-dealkylation sites (tertiary alicyclic amines) is 1. The molecule has 0 unspecified atom stereocenters. The monoisotopic (exact) mass is 394 g/mol. The first-order valence-electron chi connectivity index (χ1n) is 7.21. The van der Waals surface area contributed by atoms with Crippen molar-refractivity contribution in [1.82, 2.24) is 9.21 Å². The second-order valence-electron chi connectivity index (χ2n) is 5.90. The van der Waals surface area contributed by atoms with Gasteiger partial charge in [-0.05, 0) is 74.3 Å². The van der Waals surface area contributed by atoms with Gasteiger partial charge in [0.2, 0.25) is 0 Å². The first-order chi connectivity index (χ1) is 9.73. The summed E-state index contributed by atoms with van der Waals surface area (Å²) < 4.78 is 28.3. The summed E-state index contributed by atoms with van der Waals surface area (Å²) >= 11 is 4.70. The Hall–Kier alpha value is 0.0500. The highest BCUT2D eigenvalue weighted by Crippen LogP contribution is 2.33. The number of sulfonamides is 1. The Morgan fingerprint density at radius 3 is 2.38 bits per heavy atom. The molecule has 0 saturated carbocycles. The van der Waals surface area contributed by atoms with Gasteiger partial charge >= 0.3 is 0 Å². The summed E-state index contributed by atoms with van der Waals surface area (Å²) in [6, 6.07) is 2.39. The van der Waals surface area contributed by atoms with Crippen LogP contribution in [0.25, 0.3) is 0 Å². The number of nitrogens with zero attached hydrogens (tertiary/aromatic N) is 2. The lowest BCUT2D eigenvalue weighted by atomic mass is 10.0. The van der Waals surface area contributed by atoms with Crippen LogP contribution >= 0.6 is 27.3 Å². The summed E-state index contributed by atoms with van der Waals surface area (Å²) in [5, 5.41) is 0. The fraction of sp³-hybridized carbons (Fsp3) is 0.714. The molecule has 0 aliphatic carbocycles. The molecule has 120 valence electrons. The molecule has 1 fully saturated rings. The Labute approximate surface area is 140 Å². The summed E-state index contributed by atoms with van der Waals surface area (Å²) in [4.78, 5) is 2.41. The molecule has 0 aromatic carbocycles. The van der Waals surface area contributed by atoms with Crippen LogP contribution < -0.4 is 0 Å². The fourth-order valence-corrected chi connectivity index (χ4v) is 6.49. The zero-order chi connectivity index (χ0) is 15.8. The molecule has 0 amide bonds. The molecule has 2 rings (SSSR count). The molecule has 4 nitrogen and oxygen atoms in total. The van der Waals surface area contributed by atoms with E-state index in [1.54, 1.807) is 17.4 Å². The number of thiophene rings is 1. The lowest BCUT2D eigenvalue weighted by Gasteiger charge is -2.37. The minimum Gasteiger partial charge on any atom is -0.301 e. The van der Waals surface area contributed by atoms with Crippen LogP contribution in [0.15, 0.2) is 14.1 Å². The predicted molar refractivity (Wildman–Crippen MR) is 91.4 cm³/mol. The molecule has 7 heteroatoms. The molecule has 1 aromatic heterocycles. The highest BCUT2D eigenvalue weighted by Gasteiger charge is 2.32. The van der Waals surface area contributed by atoms with Crippen LogP contribution in [-0.4, -0.2) is 49.8 Å². The Kier molecular flexibility index (Phi) is 5.52. The van der Waals surface area contributed by atoms with E-state index in [-0.39, 0.29) is 6.04 Å². The Morgan fingerprint density at radius 2 is 1.95 bits per heavy atom. The van der Waals surface area contributed by atoms with E-state index in [1.807, 2.05) is 6.92 Å². The van der Waals surface area contributed by atoms with Crippen molar-refractivity contribution in [1.29, 1.82) is 0 Å². The van der Waals surface area contributed by atoms with E-state index in [2.05, 4.69) is 34.7 Å². The largest absolute Gasteiger partial charge is 0.301 e. The molecule has 0 atom stereocenters. The Bertz CT molecular complexity index is 571. The van der Waals surface area contributed by atoms with Gasteiger partial charge in [0.05, 0.1) is 3.79 Å². The highest BCUT2D eigenvalue weighted by molar-refractivity contribution is 9.11. The van der Waals surface area contributed by atoms with E-state index in [4.69, 9.17) is 0 Å². The molecular weight excluding hydrogens is 372 g/mol. The van der Waals surface area contributed by atoms with Gasteiger partial charge in [0.1, 0.15) is 4.21 Å². The normalized spacial score (nSPS) is 18.8. The minimum atomic E-state index is -3.37. The molecule has 1 aliphatic rings.